The molecule has 0 bridgehead atoms. The molecule has 5 nitrogen and oxygen atoms in total. The van der Waals surface area contributed by atoms with Crippen molar-refractivity contribution in [3.63, 3.8) is 0 Å². The molecule has 0 saturated heterocycles. The summed E-state index contributed by atoms with van der Waals surface area (Å²) < 4.78 is 0. The van der Waals surface area contributed by atoms with Crippen LogP contribution in [0.3, 0.4) is 0 Å². The van der Waals surface area contributed by atoms with E-state index in [4.69, 9.17) is 5.11 Å². The molecular formula is C3H8Na2O5P2. The van der Waals surface area contributed by atoms with Crippen molar-refractivity contribution in [2.24, 2.45) is 0 Å². The van der Waals surface area contributed by atoms with Crippen molar-refractivity contribution in [2.45, 2.75) is 11.8 Å². The Bertz CT molecular complexity index is 86.8. The topological polar surface area (TPSA) is 112 Å². The molecule has 0 aliphatic heterocycles. The van der Waals surface area contributed by atoms with E-state index in [0.29, 0.717) is 0 Å². The first-order chi connectivity index (χ1) is 4.59. The van der Waals surface area contributed by atoms with Gasteiger partial charge in [0.25, 0.3) is 0 Å². The van der Waals surface area contributed by atoms with Gasteiger partial charge in [-0.2, -0.15) is 0 Å². The van der Waals surface area contributed by atoms with E-state index in [1.807, 2.05) is 0 Å². The molecule has 62 valence electrons. The van der Waals surface area contributed by atoms with Crippen LogP contribution in [0.25, 0.3) is 0 Å². The fraction of sp³-hybridized carbons (Fsp3) is 1.00. The quantitative estimate of drug-likeness (QED) is 0.382. The van der Waals surface area contributed by atoms with E-state index in [0.717, 1.165) is 0 Å². The Kier molecular flexibility index (Phi) is 19.7. The van der Waals surface area contributed by atoms with Crippen LogP contribution in [0.4, 0.5) is 0 Å². The summed E-state index contributed by atoms with van der Waals surface area (Å²) in [5.41, 5.74) is 0. The van der Waals surface area contributed by atoms with Gasteiger partial charge in [-0.1, -0.05) is 16.8 Å². The molecule has 0 saturated carbocycles. The largest absolute Gasteiger partial charge is 1.00 e. The van der Waals surface area contributed by atoms with Gasteiger partial charge in [-0.25, -0.2) is 0 Å². The van der Waals surface area contributed by atoms with Crippen molar-refractivity contribution in [3.8, 4) is 0 Å². The standard InChI is InChI=1S/C3H8O5P2.2Na/c4-2-1-3(9(5)6)10(7)8;;/h3-4,9-10H,1-2H2;;/q-2;2*+1. The van der Waals surface area contributed by atoms with Crippen molar-refractivity contribution < 1.29 is 83.8 Å². The summed E-state index contributed by atoms with van der Waals surface area (Å²) in [5.74, 6) is 0. The normalized spacial score (nSPS) is 10.0. The van der Waals surface area contributed by atoms with Crippen molar-refractivity contribution in [3.05, 3.63) is 0 Å². The van der Waals surface area contributed by atoms with Crippen LogP contribution in [0.1, 0.15) is 6.42 Å². The van der Waals surface area contributed by atoms with Gasteiger partial charge >= 0.3 is 59.1 Å². The predicted octanol–water partition coefficient (Wildman–Crippen LogP) is -9.77. The summed E-state index contributed by atoms with van der Waals surface area (Å²) in [5, 5.41) is 6.88. The Morgan fingerprint density at radius 3 is 1.42 bits per heavy atom. The maximum Gasteiger partial charge on any atom is 1.00 e. The summed E-state index contributed by atoms with van der Waals surface area (Å²) >= 11 is 0. The van der Waals surface area contributed by atoms with Crippen molar-refractivity contribution in [2.75, 3.05) is 6.61 Å². The van der Waals surface area contributed by atoms with E-state index in [9.17, 15) is 19.6 Å². The van der Waals surface area contributed by atoms with Gasteiger partial charge in [0.15, 0.2) is 0 Å². The van der Waals surface area contributed by atoms with Gasteiger partial charge in [0.1, 0.15) is 5.40 Å². The Labute approximate surface area is 118 Å². The predicted molar refractivity (Wildman–Crippen MR) is 32.1 cm³/mol. The average molecular weight is 232 g/mol. The second kappa shape index (κ2) is 11.7. The van der Waals surface area contributed by atoms with E-state index in [1.54, 1.807) is 0 Å². The first kappa shape index (κ1) is 20.1. The number of hydrogen-bond donors (Lipinski definition) is 1. The van der Waals surface area contributed by atoms with E-state index < -0.39 is 28.8 Å². The van der Waals surface area contributed by atoms with Gasteiger partial charge in [0.2, 0.25) is 0 Å². The van der Waals surface area contributed by atoms with E-state index in [2.05, 4.69) is 0 Å². The molecule has 9 heteroatoms. The SMILES string of the molecule is [Na+].[Na+].[O-][PH+]([O-])C(CCO)[PH+]([O-])[O-]. The molecule has 0 amide bonds. The fourth-order valence-corrected chi connectivity index (χ4v) is 1.96. The van der Waals surface area contributed by atoms with Crippen LogP contribution in [-0.2, 0) is 0 Å². The summed E-state index contributed by atoms with van der Waals surface area (Å²) in [6.45, 7) is -0.415. The summed E-state index contributed by atoms with van der Waals surface area (Å²) in [6, 6.07) is 0. The molecule has 0 aromatic heterocycles. The summed E-state index contributed by atoms with van der Waals surface area (Å²) in [6.07, 6.45) is -0.206. The Balaban J connectivity index is -0.000000405. The second-order valence-corrected chi connectivity index (χ2v) is 4.95. The van der Waals surface area contributed by atoms with Crippen molar-refractivity contribution >= 4 is 16.8 Å². The smallest absolute Gasteiger partial charge is 0.682 e. The minimum Gasteiger partial charge on any atom is -0.682 e. The summed E-state index contributed by atoms with van der Waals surface area (Å²) in [7, 11) is -6.55. The Morgan fingerprint density at radius 2 is 1.33 bits per heavy atom. The maximum atomic E-state index is 10.1. The molecule has 1 N–H and O–H groups in total. The third kappa shape index (κ3) is 9.22. The van der Waals surface area contributed by atoms with Crippen molar-refractivity contribution in [1.82, 2.24) is 0 Å². The zero-order valence-electron chi connectivity index (χ0n) is 7.07. The fourth-order valence-electron chi connectivity index (χ4n) is 0.461. The molecule has 0 spiro atoms. The van der Waals surface area contributed by atoms with Crippen LogP contribution in [-0.4, -0.2) is 17.1 Å². The van der Waals surface area contributed by atoms with Gasteiger partial charge in [0, 0.05) is 6.42 Å². The van der Waals surface area contributed by atoms with Crippen LogP contribution in [0.5, 0.6) is 0 Å². The van der Waals surface area contributed by atoms with Gasteiger partial charge in [-0.3, -0.25) is 0 Å². The molecule has 0 aromatic carbocycles. The number of aliphatic hydroxyl groups is 1. The molecule has 12 heavy (non-hydrogen) atoms. The first-order valence-corrected chi connectivity index (χ1v) is 5.41. The first-order valence-electron chi connectivity index (χ1n) is 2.62. The van der Waals surface area contributed by atoms with Gasteiger partial charge in [-0.05, 0) is 0 Å². The van der Waals surface area contributed by atoms with E-state index in [1.165, 1.54) is 0 Å². The monoisotopic (exact) mass is 232 g/mol. The van der Waals surface area contributed by atoms with Gasteiger partial charge < -0.3 is 24.7 Å². The molecule has 0 heterocycles. The molecule has 0 radical (unpaired) electrons. The molecule has 0 fully saturated rings. The Hall–Kier alpha value is 2.66. The summed E-state index contributed by atoms with van der Waals surface area (Å²) in [4.78, 5) is 40.5. The van der Waals surface area contributed by atoms with Gasteiger partial charge in [-0.15, -0.1) is 0 Å². The van der Waals surface area contributed by atoms with E-state index in [-0.39, 0.29) is 65.5 Å². The third-order valence-electron chi connectivity index (χ3n) is 0.987. The molecule has 0 aliphatic carbocycles. The number of aliphatic hydroxyl groups excluding tert-OH is 1. The Morgan fingerprint density at radius 1 is 1.00 bits per heavy atom. The average Bonchev–Trinajstić information content (AvgIpc) is 1.81. The molecule has 0 unspecified atom stereocenters. The maximum absolute atomic E-state index is 10.1. The van der Waals surface area contributed by atoms with Gasteiger partial charge in [0.05, 0.1) is 6.61 Å². The van der Waals surface area contributed by atoms with Crippen LogP contribution in [0, 0.1) is 0 Å². The third-order valence-corrected chi connectivity index (χ3v) is 4.12. The van der Waals surface area contributed by atoms with Crippen LogP contribution < -0.4 is 78.7 Å². The van der Waals surface area contributed by atoms with Crippen molar-refractivity contribution in [1.29, 1.82) is 0 Å². The van der Waals surface area contributed by atoms with Crippen LogP contribution in [0.2, 0.25) is 0 Å². The molecule has 0 rings (SSSR count). The minimum absolute atomic E-state index is 0. The number of rotatable bonds is 4. The molecular weight excluding hydrogens is 224 g/mol. The van der Waals surface area contributed by atoms with E-state index >= 15 is 0 Å². The molecule has 0 aliphatic rings. The number of hydrogen-bond acceptors (Lipinski definition) is 5. The zero-order chi connectivity index (χ0) is 8.15. The molecule has 0 atom stereocenters. The minimum atomic E-state index is -3.27. The molecule has 0 aromatic rings. The van der Waals surface area contributed by atoms with Crippen LogP contribution in [0.15, 0.2) is 0 Å². The van der Waals surface area contributed by atoms with Crippen LogP contribution >= 0.6 is 16.8 Å². The zero-order valence-corrected chi connectivity index (χ0v) is 13.1. The second-order valence-electron chi connectivity index (χ2n) is 1.70.